The molecule has 0 radical (unpaired) electrons. The fraction of sp³-hybridized carbons (Fsp3) is 0.857. The summed E-state index contributed by atoms with van der Waals surface area (Å²) in [6, 6.07) is 0. The summed E-state index contributed by atoms with van der Waals surface area (Å²) in [5.74, 6) is 0.129. The molecule has 0 unspecified atom stereocenters. The Labute approximate surface area is 67.6 Å². The van der Waals surface area contributed by atoms with E-state index in [1.54, 1.807) is 0 Å². The average Bonchev–Trinajstić information content (AvgIpc) is 1.96. The van der Waals surface area contributed by atoms with Gasteiger partial charge in [0.1, 0.15) is 0 Å². The van der Waals surface area contributed by atoms with Crippen molar-refractivity contribution < 1.29 is 4.74 Å². The highest BCUT2D eigenvalue weighted by Gasteiger charge is 1.85. The zero-order valence-electron chi connectivity index (χ0n) is 7.05. The van der Waals surface area contributed by atoms with Crippen molar-refractivity contribution in [2.45, 2.75) is 19.8 Å². The number of unbranched alkanes of at least 4 members (excludes halogenated alkanes) is 1. The molecule has 0 saturated carbocycles. The monoisotopic (exact) mass is 159 g/mol. The van der Waals surface area contributed by atoms with Crippen LogP contribution in [0.1, 0.15) is 19.8 Å². The van der Waals surface area contributed by atoms with Gasteiger partial charge in [-0.05, 0) is 6.42 Å². The van der Waals surface area contributed by atoms with Gasteiger partial charge in [0.2, 0.25) is 0 Å². The van der Waals surface area contributed by atoms with Crippen LogP contribution < -0.4 is 11.5 Å². The van der Waals surface area contributed by atoms with Gasteiger partial charge in [0.15, 0.2) is 5.96 Å². The molecule has 0 aliphatic carbocycles. The zero-order chi connectivity index (χ0) is 8.53. The van der Waals surface area contributed by atoms with Crippen LogP contribution in [0.25, 0.3) is 0 Å². The number of nitrogens with two attached hydrogens (primary N) is 2. The minimum atomic E-state index is 0.129. The maximum absolute atomic E-state index is 5.21. The second-order valence-corrected chi connectivity index (χ2v) is 2.27. The second kappa shape index (κ2) is 7.34. The smallest absolute Gasteiger partial charge is 0.185 e. The van der Waals surface area contributed by atoms with E-state index in [0.717, 1.165) is 19.4 Å². The molecular formula is C7H17N3O. The standard InChI is InChI=1S/C7H17N3O/c1-2-3-5-11-6-4-10-7(8)9/h2-6H2,1H3,(H4,8,9,10). The van der Waals surface area contributed by atoms with Crippen molar-refractivity contribution in [1.82, 2.24) is 0 Å². The number of nitrogens with zero attached hydrogens (tertiary/aromatic N) is 1. The van der Waals surface area contributed by atoms with E-state index in [0.29, 0.717) is 13.2 Å². The molecule has 0 bridgehead atoms. The predicted molar refractivity (Wildman–Crippen MR) is 46.4 cm³/mol. The lowest BCUT2D eigenvalue weighted by atomic mass is 10.4. The van der Waals surface area contributed by atoms with Crippen LogP contribution in [0.2, 0.25) is 0 Å². The van der Waals surface area contributed by atoms with E-state index in [4.69, 9.17) is 16.2 Å². The Morgan fingerprint density at radius 2 is 2.09 bits per heavy atom. The van der Waals surface area contributed by atoms with E-state index in [1.807, 2.05) is 0 Å². The topological polar surface area (TPSA) is 73.6 Å². The molecule has 0 heterocycles. The van der Waals surface area contributed by atoms with Gasteiger partial charge in [0, 0.05) is 6.61 Å². The summed E-state index contributed by atoms with van der Waals surface area (Å²) >= 11 is 0. The largest absolute Gasteiger partial charge is 0.380 e. The molecule has 0 aromatic carbocycles. The van der Waals surface area contributed by atoms with Gasteiger partial charge in [-0.1, -0.05) is 13.3 Å². The summed E-state index contributed by atoms with van der Waals surface area (Å²) < 4.78 is 5.21. The highest BCUT2D eigenvalue weighted by atomic mass is 16.5. The fourth-order valence-electron chi connectivity index (χ4n) is 0.588. The van der Waals surface area contributed by atoms with Crippen LogP contribution in [0.4, 0.5) is 0 Å². The van der Waals surface area contributed by atoms with Gasteiger partial charge in [0.05, 0.1) is 13.2 Å². The van der Waals surface area contributed by atoms with Crippen molar-refractivity contribution >= 4 is 5.96 Å². The molecule has 11 heavy (non-hydrogen) atoms. The third-order valence-corrected chi connectivity index (χ3v) is 1.17. The van der Waals surface area contributed by atoms with Crippen molar-refractivity contribution in [1.29, 1.82) is 0 Å². The minimum Gasteiger partial charge on any atom is -0.380 e. The molecule has 0 amide bonds. The number of guanidine groups is 1. The molecule has 0 spiro atoms. The van der Waals surface area contributed by atoms with Crippen molar-refractivity contribution in [2.75, 3.05) is 19.8 Å². The van der Waals surface area contributed by atoms with Crippen LogP contribution in [0.3, 0.4) is 0 Å². The first-order valence-corrected chi connectivity index (χ1v) is 3.90. The normalized spacial score (nSPS) is 9.55. The minimum absolute atomic E-state index is 0.129. The molecule has 4 heteroatoms. The van der Waals surface area contributed by atoms with E-state index in [1.165, 1.54) is 0 Å². The van der Waals surface area contributed by atoms with E-state index in [2.05, 4.69) is 11.9 Å². The third kappa shape index (κ3) is 9.23. The first kappa shape index (κ1) is 10.2. The van der Waals surface area contributed by atoms with Gasteiger partial charge in [-0.2, -0.15) is 0 Å². The van der Waals surface area contributed by atoms with Crippen molar-refractivity contribution in [3.8, 4) is 0 Å². The Balaban J connectivity index is 2.97. The maximum atomic E-state index is 5.21. The predicted octanol–water partition coefficient (Wildman–Crippen LogP) is 0.0765. The molecule has 0 aromatic heterocycles. The molecule has 0 atom stereocenters. The summed E-state index contributed by atoms with van der Waals surface area (Å²) in [6.45, 7) is 4.10. The number of hydrogen-bond acceptors (Lipinski definition) is 2. The molecule has 4 N–H and O–H groups in total. The van der Waals surface area contributed by atoms with E-state index < -0.39 is 0 Å². The number of ether oxygens (including phenoxy) is 1. The van der Waals surface area contributed by atoms with Gasteiger partial charge < -0.3 is 16.2 Å². The Hall–Kier alpha value is -0.770. The SMILES string of the molecule is CCCCOCCN=C(N)N. The molecule has 66 valence electrons. The number of hydrogen-bond donors (Lipinski definition) is 2. The quantitative estimate of drug-likeness (QED) is 0.327. The Morgan fingerprint density at radius 3 is 2.64 bits per heavy atom. The summed E-state index contributed by atoms with van der Waals surface area (Å²) in [7, 11) is 0. The van der Waals surface area contributed by atoms with Gasteiger partial charge in [0.25, 0.3) is 0 Å². The first-order valence-electron chi connectivity index (χ1n) is 3.90. The van der Waals surface area contributed by atoms with E-state index in [9.17, 15) is 0 Å². The zero-order valence-corrected chi connectivity index (χ0v) is 7.05. The second-order valence-electron chi connectivity index (χ2n) is 2.27. The van der Waals surface area contributed by atoms with Crippen LogP contribution in [0.15, 0.2) is 4.99 Å². The molecule has 0 aliphatic rings. The number of rotatable bonds is 6. The lowest BCUT2D eigenvalue weighted by Crippen LogP contribution is -2.23. The van der Waals surface area contributed by atoms with Crippen LogP contribution in [-0.4, -0.2) is 25.7 Å². The van der Waals surface area contributed by atoms with Crippen LogP contribution in [-0.2, 0) is 4.74 Å². The molecule has 0 aromatic rings. The molecule has 0 fully saturated rings. The van der Waals surface area contributed by atoms with Gasteiger partial charge in [-0.15, -0.1) is 0 Å². The van der Waals surface area contributed by atoms with Gasteiger partial charge >= 0.3 is 0 Å². The van der Waals surface area contributed by atoms with Crippen LogP contribution in [0.5, 0.6) is 0 Å². The van der Waals surface area contributed by atoms with Crippen LogP contribution >= 0.6 is 0 Å². The fourth-order valence-corrected chi connectivity index (χ4v) is 0.588. The Bertz CT molecular complexity index is 110. The van der Waals surface area contributed by atoms with Gasteiger partial charge in [-0.3, -0.25) is 4.99 Å². The number of aliphatic imine (C=N–C) groups is 1. The first-order chi connectivity index (χ1) is 5.27. The maximum Gasteiger partial charge on any atom is 0.185 e. The lowest BCUT2D eigenvalue weighted by Gasteiger charge is -1.99. The molecule has 0 saturated heterocycles. The highest BCUT2D eigenvalue weighted by Crippen LogP contribution is 1.86. The lowest BCUT2D eigenvalue weighted by molar-refractivity contribution is 0.139. The summed E-state index contributed by atoms with van der Waals surface area (Å²) in [5, 5.41) is 0. The average molecular weight is 159 g/mol. The summed E-state index contributed by atoms with van der Waals surface area (Å²) in [5.41, 5.74) is 10.2. The molecular weight excluding hydrogens is 142 g/mol. The van der Waals surface area contributed by atoms with Crippen molar-refractivity contribution in [3.63, 3.8) is 0 Å². The molecule has 0 rings (SSSR count). The van der Waals surface area contributed by atoms with Gasteiger partial charge in [-0.25, -0.2) is 0 Å². The Kier molecular flexibility index (Phi) is 6.82. The van der Waals surface area contributed by atoms with E-state index in [-0.39, 0.29) is 5.96 Å². The Morgan fingerprint density at radius 1 is 1.36 bits per heavy atom. The van der Waals surface area contributed by atoms with E-state index >= 15 is 0 Å². The van der Waals surface area contributed by atoms with Crippen molar-refractivity contribution in [2.24, 2.45) is 16.5 Å². The summed E-state index contributed by atoms with van der Waals surface area (Å²) in [4.78, 5) is 3.77. The summed E-state index contributed by atoms with van der Waals surface area (Å²) in [6.07, 6.45) is 2.25. The van der Waals surface area contributed by atoms with Crippen LogP contribution in [0, 0.1) is 0 Å². The molecule has 0 aliphatic heterocycles. The highest BCUT2D eigenvalue weighted by molar-refractivity contribution is 5.75. The molecule has 4 nitrogen and oxygen atoms in total. The third-order valence-electron chi connectivity index (χ3n) is 1.17. The van der Waals surface area contributed by atoms with Crippen molar-refractivity contribution in [3.05, 3.63) is 0 Å².